The predicted molar refractivity (Wildman–Crippen MR) is 77.6 cm³/mol. The smallest absolute Gasteiger partial charge is 0.352 e. The summed E-state index contributed by atoms with van der Waals surface area (Å²) in [5, 5.41) is 18.7. The molecule has 8 heteroatoms. The maximum atomic E-state index is 12.1. The van der Waals surface area contributed by atoms with Gasteiger partial charge in [-0.1, -0.05) is 20.8 Å². The molecule has 1 aromatic heterocycles. The highest BCUT2D eigenvalue weighted by atomic mass is 32.2. The number of sulfonamides is 1. The molecule has 3 N–H and O–H groups in total. The first-order chi connectivity index (χ1) is 9.42. The molecule has 1 atom stereocenters. The Bertz CT molecular complexity index is 613. The minimum absolute atomic E-state index is 0.114. The fourth-order valence-electron chi connectivity index (χ4n) is 1.96. The van der Waals surface area contributed by atoms with E-state index < -0.39 is 22.1 Å². The van der Waals surface area contributed by atoms with Crippen LogP contribution >= 0.6 is 0 Å². The lowest BCUT2D eigenvalue weighted by atomic mass is 9.89. The Hall–Kier alpha value is -1.38. The highest BCUT2D eigenvalue weighted by Crippen LogP contribution is 2.20. The van der Waals surface area contributed by atoms with Crippen molar-refractivity contribution in [2.24, 2.45) is 12.5 Å². The second-order valence-electron chi connectivity index (χ2n) is 6.25. The average molecular weight is 318 g/mol. The van der Waals surface area contributed by atoms with Gasteiger partial charge in [0.2, 0.25) is 10.0 Å². The van der Waals surface area contributed by atoms with E-state index in [1.807, 2.05) is 20.8 Å². The quantitative estimate of drug-likeness (QED) is 0.719. The van der Waals surface area contributed by atoms with E-state index in [-0.39, 0.29) is 22.5 Å². The van der Waals surface area contributed by atoms with Crippen molar-refractivity contribution in [3.8, 4) is 0 Å². The fraction of sp³-hybridized carbons (Fsp3) is 0.615. The van der Waals surface area contributed by atoms with Gasteiger partial charge < -0.3 is 14.8 Å². The van der Waals surface area contributed by atoms with Gasteiger partial charge in [-0.3, -0.25) is 0 Å². The molecule has 0 saturated carbocycles. The van der Waals surface area contributed by atoms with Crippen molar-refractivity contribution in [3.05, 3.63) is 18.0 Å². The van der Waals surface area contributed by atoms with E-state index in [1.165, 1.54) is 17.8 Å². The number of hydrogen-bond donors (Lipinski definition) is 3. The first kappa shape index (κ1) is 17.7. The Morgan fingerprint density at radius 2 is 2.00 bits per heavy atom. The van der Waals surface area contributed by atoms with E-state index in [1.54, 1.807) is 0 Å². The molecule has 0 bridgehead atoms. The van der Waals surface area contributed by atoms with E-state index in [2.05, 4.69) is 4.72 Å². The van der Waals surface area contributed by atoms with Gasteiger partial charge in [0.05, 0.1) is 6.10 Å². The molecule has 0 aliphatic rings. The van der Waals surface area contributed by atoms with Gasteiger partial charge >= 0.3 is 5.97 Å². The number of aromatic carboxylic acids is 1. The summed E-state index contributed by atoms with van der Waals surface area (Å²) in [6.45, 7) is 5.72. The van der Waals surface area contributed by atoms with Gasteiger partial charge in [-0.25, -0.2) is 17.9 Å². The van der Waals surface area contributed by atoms with E-state index in [0.717, 1.165) is 6.07 Å². The monoisotopic (exact) mass is 318 g/mol. The minimum Gasteiger partial charge on any atom is -0.477 e. The maximum Gasteiger partial charge on any atom is 0.352 e. The summed E-state index contributed by atoms with van der Waals surface area (Å²) >= 11 is 0. The van der Waals surface area contributed by atoms with Crippen molar-refractivity contribution in [2.75, 3.05) is 6.54 Å². The van der Waals surface area contributed by atoms with Gasteiger partial charge in [0, 0.05) is 19.8 Å². The zero-order valence-corrected chi connectivity index (χ0v) is 13.4. The lowest BCUT2D eigenvalue weighted by Crippen LogP contribution is -2.34. The van der Waals surface area contributed by atoms with Crippen molar-refractivity contribution in [3.63, 3.8) is 0 Å². The number of carbonyl (C=O) groups is 1. The van der Waals surface area contributed by atoms with Crippen LogP contribution in [0.25, 0.3) is 0 Å². The number of aryl methyl sites for hydroxylation is 1. The number of carboxylic acid groups (broad SMARTS) is 1. The average Bonchev–Trinajstić information content (AvgIpc) is 2.67. The van der Waals surface area contributed by atoms with E-state index in [4.69, 9.17) is 5.11 Å². The van der Waals surface area contributed by atoms with Gasteiger partial charge in [0.15, 0.2) is 0 Å². The largest absolute Gasteiger partial charge is 0.477 e. The number of aromatic nitrogens is 1. The number of nitrogens with one attached hydrogen (secondary N) is 1. The van der Waals surface area contributed by atoms with Crippen LogP contribution < -0.4 is 4.72 Å². The second kappa shape index (κ2) is 6.17. The first-order valence-electron chi connectivity index (χ1n) is 6.50. The Kier molecular flexibility index (Phi) is 5.19. The summed E-state index contributed by atoms with van der Waals surface area (Å²) < 4.78 is 27.6. The molecule has 120 valence electrons. The van der Waals surface area contributed by atoms with Gasteiger partial charge in [0.25, 0.3) is 0 Å². The zero-order chi connectivity index (χ0) is 16.4. The highest BCUT2D eigenvalue weighted by molar-refractivity contribution is 7.89. The number of aliphatic hydroxyl groups is 1. The molecule has 0 spiro atoms. The molecule has 21 heavy (non-hydrogen) atoms. The molecule has 0 radical (unpaired) electrons. The molecule has 1 heterocycles. The Morgan fingerprint density at radius 1 is 1.43 bits per heavy atom. The molecular weight excluding hydrogens is 296 g/mol. The fourth-order valence-corrected chi connectivity index (χ4v) is 3.10. The highest BCUT2D eigenvalue weighted by Gasteiger charge is 2.22. The number of aliphatic hydroxyl groups excluding tert-OH is 1. The van der Waals surface area contributed by atoms with Crippen LogP contribution in [0.2, 0.25) is 0 Å². The Balaban J connectivity index is 2.79. The lowest BCUT2D eigenvalue weighted by molar-refractivity contribution is 0.0686. The summed E-state index contributed by atoms with van der Waals surface area (Å²) in [4.78, 5) is 10.8. The summed E-state index contributed by atoms with van der Waals surface area (Å²) in [7, 11) is -2.39. The first-order valence-corrected chi connectivity index (χ1v) is 7.98. The summed E-state index contributed by atoms with van der Waals surface area (Å²) in [5.41, 5.74) is -0.237. The number of carboxylic acids is 1. The predicted octanol–water partition coefficient (Wildman–Crippen LogP) is 0.799. The molecule has 0 saturated heterocycles. The maximum absolute atomic E-state index is 12.1. The van der Waals surface area contributed by atoms with Crippen LogP contribution in [0.1, 0.15) is 37.7 Å². The molecule has 1 rings (SSSR count). The van der Waals surface area contributed by atoms with Crippen molar-refractivity contribution < 1.29 is 23.4 Å². The van der Waals surface area contributed by atoms with Crippen LogP contribution in [0.5, 0.6) is 0 Å². The van der Waals surface area contributed by atoms with E-state index in [9.17, 15) is 18.3 Å². The van der Waals surface area contributed by atoms with Gasteiger partial charge in [-0.05, 0) is 17.9 Å². The van der Waals surface area contributed by atoms with Crippen LogP contribution in [0, 0.1) is 5.41 Å². The molecule has 0 aliphatic heterocycles. The molecule has 1 unspecified atom stereocenters. The molecule has 0 amide bonds. The zero-order valence-electron chi connectivity index (χ0n) is 12.6. The van der Waals surface area contributed by atoms with Crippen LogP contribution in [0.4, 0.5) is 0 Å². The normalized spacial score (nSPS) is 14.1. The van der Waals surface area contributed by atoms with Crippen LogP contribution in [0.15, 0.2) is 17.2 Å². The molecular formula is C13H22N2O5S. The Labute approximate surface area is 124 Å². The van der Waals surface area contributed by atoms with Crippen LogP contribution in [-0.2, 0) is 17.1 Å². The number of hydrogen-bond acceptors (Lipinski definition) is 4. The van der Waals surface area contributed by atoms with Gasteiger partial charge in [-0.15, -0.1) is 0 Å². The standard InChI is InChI=1S/C13H22N2O5S/c1-13(2,3)6-9(16)7-14-21(19,20)10-5-11(12(17)18)15(4)8-10/h5,8-9,14,16H,6-7H2,1-4H3,(H,17,18). The topological polar surface area (TPSA) is 109 Å². The van der Waals surface area contributed by atoms with Crippen molar-refractivity contribution >= 4 is 16.0 Å². The summed E-state index contributed by atoms with van der Waals surface area (Å²) in [6, 6.07) is 1.08. The van der Waals surface area contributed by atoms with Crippen LogP contribution in [-0.4, -0.2) is 41.8 Å². The summed E-state index contributed by atoms with van der Waals surface area (Å²) in [5.74, 6) is -1.20. The third kappa shape index (κ3) is 5.14. The molecule has 1 aromatic rings. The van der Waals surface area contributed by atoms with Gasteiger partial charge in [0.1, 0.15) is 10.6 Å². The SMILES string of the molecule is Cn1cc(S(=O)(=O)NCC(O)CC(C)(C)C)cc1C(=O)O. The van der Waals surface area contributed by atoms with E-state index >= 15 is 0 Å². The van der Waals surface area contributed by atoms with Gasteiger partial charge in [-0.2, -0.15) is 0 Å². The Morgan fingerprint density at radius 3 is 2.43 bits per heavy atom. The lowest BCUT2D eigenvalue weighted by Gasteiger charge is -2.22. The third-order valence-electron chi connectivity index (χ3n) is 2.87. The number of nitrogens with zero attached hydrogens (tertiary/aromatic N) is 1. The van der Waals surface area contributed by atoms with Crippen molar-refractivity contribution in [1.29, 1.82) is 0 Å². The molecule has 0 aliphatic carbocycles. The van der Waals surface area contributed by atoms with E-state index in [0.29, 0.717) is 6.42 Å². The third-order valence-corrected chi connectivity index (χ3v) is 4.26. The minimum atomic E-state index is -3.84. The summed E-state index contributed by atoms with van der Waals surface area (Å²) in [6.07, 6.45) is 0.870. The molecule has 7 nitrogen and oxygen atoms in total. The van der Waals surface area contributed by atoms with Crippen molar-refractivity contribution in [2.45, 2.75) is 38.2 Å². The van der Waals surface area contributed by atoms with Crippen molar-refractivity contribution in [1.82, 2.24) is 9.29 Å². The molecule has 0 fully saturated rings. The molecule has 0 aromatic carbocycles. The second-order valence-corrected chi connectivity index (χ2v) is 8.01. The number of rotatable bonds is 6. The van der Waals surface area contributed by atoms with Crippen LogP contribution in [0.3, 0.4) is 0 Å².